The molecule has 0 spiro atoms. The molecule has 4 unspecified atom stereocenters. The minimum Gasteiger partial charge on any atom is -0.316 e. The van der Waals surface area contributed by atoms with Crippen molar-refractivity contribution in [3.63, 3.8) is 0 Å². The van der Waals surface area contributed by atoms with E-state index in [4.69, 9.17) is 0 Å². The first-order valence-corrected chi connectivity index (χ1v) is 13.6. The fourth-order valence-electron chi connectivity index (χ4n) is 11.9. The van der Waals surface area contributed by atoms with Gasteiger partial charge in [-0.15, -0.1) is 0 Å². The molecule has 0 heterocycles. The quantitative estimate of drug-likeness (QED) is 0.464. The summed E-state index contributed by atoms with van der Waals surface area (Å²) >= 11 is 0. The Hall–Kier alpha value is -0.0400. The number of rotatable bonds is 1. The lowest BCUT2D eigenvalue weighted by Gasteiger charge is -2.73. The van der Waals surface area contributed by atoms with Crippen molar-refractivity contribution in [1.29, 1.82) is 0 Å². The van der Waals surface area contributed by atoms with Gasteiger partial charge < -0.3 is 5.32 Å². The van der Waals surface area contributed by atoms with Crippen molar-refractivity contribution < 1.29 is 0 Å². The summed E-state index contributed by atoms with van der Waals surface area (Å²) in [5.74, 6) is 4.75. The lowest BCUT2D eigenvalue weighted by atomic mass is 9.32. The molecule has 0 saturated heterocycles. The van der Waals surface area contributed by atoms with Gasteiger partial charge in [-0.1, -0.05) is 48.5 Å². The highest BCUT2D eigenvalue weighted by molar-refractivity contribution is 5.19. The zero-order valence-corrected chi connectivity index (χ0v) is 21.5. The van der Waals surface area contributed by atoms with Gasteiger partial charge in [-0.3, -0.25) is 0 Å². The molecule has 5 saturated carbocycles. The third-order valence-corrected chi connectivity index (χ3v) is 13.6. The monoisotopic (exact) mass is 413 g/mol. The molecule has 10 atom stereocenters. The summed E-state index contributed by atoms with van der Waals surface area (Å²) in [6, 6.07) is 0.696. The summed E-state index contributed by atoms with van der Waals surface area (Å²) in [6.45, 7) is 18.8. The Morgan fingerprint density at radius 3 is 2.10 bits per heavy atom. The molecule has 0 aromatic heterocycles. The summed E-state index contributed by atoms with van der Waals surface area (Å²) in [5, 5.41) is 3.71. The van der Waals surface area contributed by atoms with Gasteiger partial charge in [0, 0.05) is 6.04 Å². The smallest absolute Gasteiger partial charge is 0.0118 e. The molecule has 5 rings (SSSR count). The van der Waals surface area contributed by atoms with E-state index >= 15 is 0 Å². The van der Waals surface area contributed by atoms with Crippen molar-refractivity contribution in [3.05, 3.63) is 0 Å². The normalized spacial score (nSPS) is 59.6. The van der Waals surface area contributed by atoms with Gasteiger partial charge in [0.1, 0.15) is 0 Å². The molecule has 0 radical (unpaired) electrons. The van der Waals surface area contributed by atoms with Crippen LogP contribution in [0, 0.1) is 56.7 Å². The second kappa shape index (κ2) is 6.51. The molecular weight excluding hydrogens is 362 g/mol. The second-order valence-corrected chi connectivity index (χ2v) is 14.6. The molecule has 5 aliphatic carbocycles. The number of fused-ring (bicyclic) bond motifs is 7. The van der Waals surface area contributed by atoms with E-state index in [0.717, 1.165) is 29.6 Å². The highest BCUT2D eigenvalue weighted by Crippen LogP contribution is 2.77. The van der Waals surface area contributed by atoms with Crippen LogP contribution in [-0.4, -0.2) is 13.1 Å². The van der Waals surface area contributed by atoms with E-state index in [0.29, 0.717) is 33.1 Å². The second-order valence-electron chi connectivity index (χ2n) is 14.6. The number of hydrogen-bond acceptors (Lipinski definition) is 1. The Bertz CT molecular complexity index is 696. The summed E-state index contributed by atoms with van der Waals surface area (Å²) in [4.78, 5) is 0. The molecule has 0 bridgehead atoms. The average molecular weight is 414 g/mol. The van der Waals surface area contributed by atoms with Crippen molar-refractivity contribution in [2.24, 2.45) is 56.7 Å². The van der Waals surface area contributed by atoms with E-state index in [-0.39, 0.29) is 0 Å². The predicted octanol–water partition coefficient (Wildman–Crippen LogP) is 7.70. The van der Waals surface area contributed by atoms with Crippen molar-refractivity contribution in [2.45, 2.75) is 119 Å². The molecular formula is C29H51N. The van der Waals surface area contributed by atoms with Crippen LogP contribution < -0.4 is 5.32 Å². The summed E-state index contributed by atoms with van der Waals surface area (Å²) in [7, 11) is 2.20. The molecule has 0 aliphatic heterocycles. The first-order valence-electron chi connectivity index (χ1n) is 13.6. The van der Waals surface area contributed by atoms with E-state index in [1.54, 1.807) is 0 Å². The predicted molar refractivity (Wildman–Crippen MR) is 128 cm³/mol. The Kier molecular flexibility index (Phi) is 4.73. The van der Waals surface area contributed by atoms with Gasteiger partial charge in [0.2, 0.25) is 0 Å². The van der Waals surface area contributed by atoms with Crippen LogP contribution in [0.1, 0.15) is 113 Å². The van der Waals surface area contributed by atoms with Crippen molar-refractivity contribution >= 4 is 0 Å². The Morgan fingerprint density at radius 1 is 0.667 bits per heavy atom. The summed E-state index contributed by atoms with van der Waals surface area (Å²) in [5.41, 5.74) is 2.73. The summed E-state index contributed by atoms with van der Waals surface area (Å²) < 4.78 is 0. The molecule has 0 amide bonds. The standard InChI is InChI=1S/C29H51N/c1-19-11-14-26(4)17-18-28(6)20(24(19)26)9-10-22-27(5)15-13-23(30-8)25(2,3)21(27)12-16-29(22,28)7/h19-24,30H,9-18H2,1-8H3/t19-,20?,21?,22?,23+,24?,26-,27+,28-,29-/m1/s1. The lowest BCUT2D eigenvalue weighted by Crippen LogP contribution is -2.67. The fourth-order valence-corrected chi connectivity index (χ4v) is 11.9. The highest BCUT2D eigenvalue weighted by Gasteiger charge is 2.69. The van der Waals surface area contributed by atoms with Crippen LogP contribution in [0.5, 0.6) is 0 Å². The summed E-state index contributed by atoms with van der Waals surface area (Å²) in [6.07, 6.45) is 14.8. The van der Waals surface area contributed by atoms with Gasteiger partial charge in [0.05, 0.1) is 0 Å². The third-order valence-electron chi connectivity index (χ3n) is 13.6. The SMILES string of the molecule is CN[C@H]1CC[C@@]2(C)C(CC[C@]3(C)C2CCC2C4[C@H](C)CC[C@]4(C)CC[C@]23C)C1(C)C. The minimum atomic E-state index is 0.423. The zero-order chi connectivity index (χ0) is 21.7. The van der Waals surface area contributed by atoms with E-state index < -0.39 is 0 Å². The molecule has 1 heteroatoms. The average Bonchev–Trinajstić information content (AvgIpc) is 2.97. The van der Waals surface area contributed by atoms with E-state index in [2.05, 4.69) is 60.8 Å². The molecule has 30 heavy (non-hydrogen) atoms. The van der Waals surface area contributed by atoms with Crippen LogP contribution in [0.3, 0.4) is 0 Å². The van der Waals surface area contributed by atoms with Crippen LogP contribution in [0.25, 0.3) is 0 Å². The maximum atomic E-state index is 3.71. The van der Waals surface area contributed by atoms with Crippen molar-refractivity contribution in [3.8, 4) is 0 Å². The molecule has 1 N–H and O–H groups in total. The molecule has 0 aromatic carbocycles. The third kappa shape index (κ3) is 2.46. The van der Waals surface area contributed by atoms with Gasteiger partial charge >= 0.3 is 0 Å². The lowest BCUT2D eigenvalue weighted by molar-refractivity contribution is -0.238. The van der Waals surface area contributed by atoms with Crippen LogP contribution in [0.2, 0.25) is 0 Å². The van der Waals surface area contributed by atoms with E-state index in [1.165, 1.54) is 64.2 Å². The Labute approximate surface area is 187 Å². The van der Waals surface area contributed by atoms with Crippen molar-refractivity contribution in [2.75, 3.05) is 7.05 Å². The maximum Gasteiger partial charge on any atom is 0.0118 e. The molecule has 0 aromatic rings. The van der Waals surface area contributed by atoms with E-state index in [1.807, 2.05) is 0 Å². The van der Waals surface area contributed by atoms with Gasteiger partial charge in [-0.25, -0.2) is 0 Å². The first-order chi connectivity index (χ1) is 13.9. The van der Waals surface area contributed by atoms with Gasteiger partial charge in [-0.2, -0.15) is 0 Å². The zero-order valence-electron chi connectivity index (χ0n) is 21.5. The maximum absolute atomic E-state index is 3.71. The topological polar surface area (TPSA) is 12.0 Å². The molecule has 5 fully saturated rings. The Morgan fingerprint density at radius 2 is 1.40 bits per heavy atom. The van der Waals surface area contributed by atoms with Gasteiger partial charge in [0.25, 0.3) is 0 Å². The largest absolute Gasteiger partial charge is 0.316 e. The number of hydrogen-bond donors (Lipinski definition) is 1. The number of nitrogens with one attached hydrogen (secondary N) is 1. The van der Waals surface area contributed by atoms with Crippen LogP contribution in [-0.2, 0) is 0 Å². The van der Waals surface area contributed by atoms with Crippen molar-refractivity contribution in [1.82, 2.24) is 5.32 Å². The van der Waals surface area contributed by atoms with Gasteiger partial charge in [-0.05, 0) is 128 Å². The van der Waals surface area contributed by atoms with Gasteiger partial charge in [0.15, 0.2) is 0 Å². The van der Waals surface area contributed by atoms with Crippen LogP contribution in [0.4, 0.5) is 0 Å². The van der Waals surface area contributed by atoms with Crippen LogP contribution in [0.15, 0.2) is 0 Å². The first kappa shape index (κ1) is 21.8. The molecule has 172 valence electrons. The Balaban J connectivity index is 1.53. The van der Waals surface area contributed by atoms with E-state index in [9.17, 15) is 0 Å². The van der Waals surface area contributed by atoms with Crippen LogP contribution >= 0.6 is 0 Å². The molecule has 1 nitrogen and oxygen atoms in total. The highest BCUT2D eigenvalue weighted by atomic mass is 14.9. The molecule has 5 aliphatic rings. The fraction of sp³-hybridized carbons (Fsp3) is 1.00. The minimum absolute atomic E-state index is 0.423.